The van der Waals surface area contributed by atoms with Crippen molar-refractivity contribution in [1.82, 2.24) is 19.7 Å². The Labute approximate surface area is 120 Å². The third-order valence-corrected chi connectivity index (χ3v) is 3.63. The summed E-state index contributed by atoms with van der Waals surface area (Å²) in [5, 5.41) is 7.03. The zero-order valence-electron chi connectivity index (χ0n) is 12.6. The van der Waals surface area contributed by atoms with Crippen molar-refractivity contribution in [2.45, 2.75) is 52.6 Å². The lowest BCUT2D eigenvalue weighted by Gasteiger charge is -2.16. The van der Waals surface area contributed by atoms with E-state index in [0.717, 1.165) is 37.2 Å². The molecule has 110 valence electrons. The van der Waals surface area contributed by atoms with Gasteiger partial charge in [-0.1, -0.05) is 13.8 Å². The number of hydrogen-bond donors (Lipinski definition) is 2. The highest BCUT2D eigenvalue weighted by Gasteiger charge is 2.13. The van der Waals surface area contributed by atoms with Crippen molar-refractivity contribution in [2.24, 2.45) is 11.7 Å². The molecule has 3 N–H and O–H groups in total. The molecule has 0 aliphatic carbocycles. The third-order valence-electron chi connectivity index (χ3n) is 3.63. The molecule has 5 nitrogen and oxygen atoms in total. The fourth-order valence-electron chi connectivity index (χ4n) is 2.52. The molecule has 2 aromatic heterocycles. The van der Waals surface area contributed by atoms with Gasteiger partial charge in [0.2, 0.25) is 0 Å². The smallest absolute Gasteiger partial charge is 0.0948 e. The summed E-state index contributed by atoms with van der Waals surface area (Å²) in [6.07, 6.45) is 8.78. The molecule has 0 aliphatic rings. The van der Waals surface area contributed by atoms with Gasteiger partial charge in [-0.05, 0) is 37.7 Å². The Morgan fingerprint density at radius 2 is 2.15 bits per heavy atom. The molecule has 0 aromatic carbocycles. The van der Waals surface area contributed by atoms with E-state index in [4.69, 9.17) is 5.73 Å². The van der Waals surface area contributed by atoms with Crippen molar-refractivity contribution in [2.75, 3.05) is 0 Å². The molecule has 2 heterocycles. The number of aromatic nitrogens is 4. The van der Waals surface area contributed by atoms with Crippen LogP contribution in [0.15, 0.2) is 18.7 Å². The molecule has 0 fully saturated rings. The molecule has 0 saturated heterocycles. The molecule has 2 rings (SSSR count). The summed E-state index contributed by atoms with van der Waals surface area (Å²) in [5.74, 6) is 0.599. The van der Waals surface area contributed by atoms with Gasteiger partial charge in [0.25, 0.3) is 0 Å². The van der Waals surface area contributed by atoms with Gasteiger partial charge < -0.3 is 10.3 Å². The minimum Gasteiger partial charge on any atom is -0.333 e. The van der Waals surface area contributed by atoms with Crippen molar-refractivity contribution < 1.29 is 0 Å². The molecule has 0 aliphatic heterocycles. The Morgan fingerprint density at radius 1 is 1.35 bits per heavy atom. The standard InChI is InChI=1S/C15H25N5/c1-11(2)7-14(16)15-9-17-10-20(15)6-4-5-13-8-18-19-12(13)3/h8-11,14H,4-7,16H2,1-3H3,(H,18,19). The lowest BCUT2D eigenvalue weighted by atomic mass is 10.0. The highest BCUT2D eigenvalue weighted by Crippen LogP contribution is 2.19. The normalized spacial score (nSPS) is 13.1. The summed E-state index contributed by atoms with van der Waals surface area (Å²) < 4.78 is 2.18. The number of aromatic amines is 1. The quantitative estimate of drug-likeness (QED) is 0.815. The molecule has 1 unspecified atom stereocenters. The summed E-state index contributed by atoms with van der Waals surface area (Å²) in [6, 6.07) is 0.0770. The fourth-order valence-corrected chi connectivity index (χ4v) is 2.52. The van der Waals surface area contributed by atoms with Crippen LogP contribution in [0.3, 0.4) is 0 Å². The highest BCUT2D eigenvalue weighted by molar-refractivity contribution is 5.14. The van der Waals surface area contributed by atoms with E-state index in [-0.39, 0.29) is 6.04 Å². The van der Waals surface area contributed by atoms with Gasteiger partial charge in [0.15, 0.2) is 0 Å². The monoisotopic (exact) mass is 275 g/mol. The lowest BCUT2D eigenvalue weighted by molar-refractivity contribution is 0.479. The maximum atomic E-state index is 6.26. The van der Waals surface area contributed by atoms with Crippen molar-refractivity contribution in [3.05, 3.63) is 35.7 Å². The largest absolute Gasteiger partial charge is 0.333 e. The van der Waals surface area contributed by atoms with Crippen LogP contribution in [-0.4, -0.2) is 19.7 Å². The first kappa shape index (κ1) is 14.8. The Kier molecular flexibility index (Phi) is 4.95. The average Bonchev–Trinajstić information content (AvgIpc) is 2.98. The minimum atomic E-state index is 0.0770. The summed E-state index contributed by atoms with van der Waals surface area (Å²) in [4.78, 5) is 4.25. The van der Waals surface area contributed by atoms with Crippen LogP contribution >= 0.6 is 0 Å². The minimum absolute atomic E-state index is 0.0770. The van der Waals surface area contributed by atoms with Gasteiger partial charge in [-0.3, -0.25) is 5.10 Å². The van der Waals surface area contributed by atoms with Gasteiger partial charge >= 0.3 is 0 Å². The summed E-state index contributed by atoms with van der Waals surface area (Å²) in [5.41, 5.74) is 9.85. The van der Waals surface area contributed by atoms with Crippen molar-refractivity contribution in [3.8, 4) is 0 Å². The first-order valence-corrected chi connectivity index (χ1v) is 7.32. The number of H-pyrrole nitrogens is 1. The summed E-state index contributed by atoms with van der Waals surface area (Å²) in [7, 11) is 0. The third kappa shape index (κ3) is 3.70. The van der Waals surface area contributed by atoms with E-state index < -0.39 is 0 Å². The van der Waals surface area contributed by atoms with Crippen LogP contribution in [-0.2, 0) is 13.0 Å². The molecule has 20 heavy (non-hydrogen) atoms. The Bertz CT molecular complexity index is 526. The number of nitrogens with two attached hydrogens (primary N) is 1. The van der Waals surface area contributed by atoms with Crippen LogP contribution in [0.4, 0.5) is 0 Å². The zero-order chi connectivity index (χ0) is 14.5. The van der Waals surface area contributed by atoms with E-state index in [1.807, 2.05) is 18.7 Å². The van der Waals surface area contributed by atoms with Crippen LogP contribution in [0.5, 0.6) is 0 Å². The van der Waals surface area contributed by atoms with Crippen molar-refractivity contribution >= 4 is 0 Å². The predicted octanol–water partition coefficient (Wildman–Crippen LogP) is 2.59. The molecule has 1 atom stereocenters. The second kappa shape index (κ2) is 6.70. The van der Waals surface area contributed by atoms with Gasteiger partial charge in [0, 0.05) is 24.5 Å². The molecule has 0 saturated carbocycles. The van der Waals surface area contributed by atoms with E-state index in [9.17, 15) is 0 Å². The molecular weight excluding hydrogens is 250 g/mol. The highest BCUT2D eigenvalue weighted by atomic mass is 15.1. The van der Waals surface area contributed by atoms with Crippen LogP contribution in [0.1, 0.15) is 49.7 Å². The first-order valence-electron chi connectivity index (χ1n) is 7.32. The second-order valence-corrected chi connectivity index (χ2v) is 5.87. The number of hydrogen-bond acceptors (Lipinski definition) is 3. The molecule has 0 radical (unpaired) electrons. The Balaban J connectivity index is 1.90. The van der Waals surface area contributed by atoms with Gasteiger partial charge in [-0.25, -0.2) is 4.98 Å². The van der Waals surface area contributed by atoms with Gasteiger partial charge in [0.05, 0.1) is 18.2 Å². The van der Waals surface area contributed by atoms with Crippen molar-refractivity contribution in [1.29, 1.82) is 0 Å². The van der Waals surface area contributed by atoms with Gasteiger partial charge in [-0.2, -0.15) is 5.10 Å². The molecular formula is C15H25N5. The van der Waals surface area contributed by atoms with Crippen LogP contribution in [0.2, 0.25) is 0 Å². The number of rotatable bonds is 7. The number of nitrogens with zero attached hydrogens (tertiary/aromatic N) is 3. The zero-order valence-corrected chi connectivity index (χ0v) is 12.6. The molecule has 0 spiro atoms. The molecule has 2 aromatic rings. The predicted molar refractivity (Wildman–Crippen MR) is 80.3 cm³/mol. The van der Waals surface area contributed by atoms with E-state index >= 15 is 0 Å². The second-order valence-electron chi connectivity index (χ2n) is 5.87. The summed E-state index contributed by atoms with van der Waals surface area (Å²) in [6.45, 7) is 7.40. The first-order chi connectivity index (χ1) is 9.58. The molecule has 0 amide bonds. The number of aryl methyl sites for hydroxylation is 3. The van der Waals surface area contributed by atoms with Gasteiger partial charge in [0.1, 0.15) is 0 Å². The van der Waals surface area contributed by atoms with E-state index in [1.165, 1.54) is 5.56 Å². The maximum absolute atomic E-state index is 6.26. The van der Waals surface area contributed by atoms with E-state index in [1.54, 1.807) is 0 Å². The molecule has 5 heteroatoms. The Hall–Kier alpha value is -1.62. The number of imidazole rings is 1. The lowest BCUT2D eigenvalue weighted by Crippen LogP contribution is -2.17. The van der Waals surface area contributed by atoms with Crippen LogP contribution < -0.4 is 5.73 Å². The van der Waals surface area contributed by atoms with Crippen LogP contribution in [0.25, 0.3) is 0 Å². The van der Waals surface area contributed by atoms with E-state index in [0.29, 0.717) is 5.92 Å². The fraction of sp³-hybridized carbons (Fsp3) is 0.600. The number of nitrogens with one attached hydrogen (secondary N) is 1. The average molecular weight is 275 g/mol. The SMILES string of the molecule is Cc1[nH]ncc1CCCn1cncc1C(N)CC(C)C. The topological polar surface area (TPSA) is 72.5 Å². The van der Waals surface area contributed by atoms with Gasteiger partial charge in [-0.15, -0.1) is 0 Å². The Morgan fingerprint density at radius 3 is 2.80 bits per heavy atom. The maximum Gasteiger partial charge on any atom is 0.0948 e. The van der Waals surface area contributed by atoms with Crippen molar-refractivity contribution in [3.63, 3.8) is 0 Å². The van der Waals surface area contributed by atoms with Crippen LogP contribution in [0, 0.1) is 12.8 Å². The van der Waals surface area contributed by atoms with E-state index in [2.05, 4.69) is 40.5 Å². The summed E-state index contributed by atoms with van der Waals surface area (Å²) >= 11 is 0. The molecule has 0 bridgehead atoms.